The SMILES string of the molecule is COC(=O)c1cc2c(F)c3sc(C(C)=O)cc3c(F)c2s1. The smallest absolute Gasteiger partial charge is 0.348 e. The van der Waals surface area contributed by atoms with Crippen LogP contribution >= 0.6 is 22.7 Å². The van der Waals surface area contributed by atoms with Crippen LogP contribution in [0.25, 0.3) is 20.2 Å². The van der Waals surface area contributed by atoms with Gasteiger partial charge in [0.25, 0.3) is 0 Å². The Morgan fingerprint density at radius 2 is 1.48 bits per heavy atom. The van der Waals surface area contributed by atoms with Gasteiger partial charge in [-0.3, -0.25) is 4.79 Å². The lowest BCUT2D eigenvalue weighted by Crippen LogP contribution is -1.96. The van der Waals surface area contributed by atoms with Crippen LogP contribution in [0.5, 0.6) is 0 Å². The maximum absolute atomic E-state index is 14.5. The number of esters is 1. The van der Waals surface area contributed by atoms with Gasteiger partial charge in [0.1, 0.15) is 16.5 Å². The summed E-state index contributed by atoms with van der Waals surface area (Å²) in [5.74, 6) is -2.12. The van der Waals surface area contributed by atoms with Crippen LogP contribution in [0.3, 0.4) is 0 Å². The first-order valence-electron chi connectivity index (χ1n) is 5.87. The number of methoxy groups -OCH3 is 1. The largest absolute Gasteiger partial charge is 0.465 e. The number of carbonyl (C=O) groups excluding carboxylic acids is 2. The number of rotatable bonds is 2. The van der Waals surface area contributed by atoms with Gasteiger partial charge >= 0.3 is 5.97 Å². The molecule has 0 aliphatic rings. The topological polar surface area (TPSA) is 43.4 Å². The third-order valence-electron chi connectivity index (χ3n) is 3.07. The molecular formula is C14H8F2O3S2. The summed E-state index contributed by atoms with van der Waals surface area (Å²) in [5.41, 5.74) is 0. The zero-order valence-corrected chi connectivity index (χ0v) is 12.6. The molecule has 21 heavy (non-hydrogen) atoms. The second-order valence-electron chi connectivity index (χ2n) is 4.38. The van der Waals surface area contributed by atoms with E-state index in [0.29, 0.717) is 4.88 Å². The summed E-state index contributed by atoms with van der Waals surface area (Å²) in [6.07, 6.45) is 0. The third kappa shape index (κ3) is 2.04. The summed E-state index contributed by atoms with van der Waals surface area (Å²) in [6.45, 7) is 1.35. The van der Waals surface area contributed by atoms with Crippen molar-refractivity contribution in [2.45, 2.75) is 6.92 Å². The first-order chi connectivity index (χ1) is 9.93. The number of hydrogen-bond donors (Lipinski definition) is 0. The van der Waals surface area contributed by atoms with E-state index >= 15 is 0 Å². The van der Waals surface area contributed by atoms with Crippen LogP contribution in [0, 0.1) is 11.6 Å². The number of carbonyl (C=O) groups is 2. The number of ether oxygens (including phenoxy) is 1. The second kappa shape index (κ2) is 4.85. The molecule has 0 N–H and O–H groups in total. The average molecular weight is 326 g/mol. The summed E-state index contributed by atoms with van der Waals surface area (Å²) in [7, 11) is 1.21. The van der Waals surface area contributed by atoms with Crippen LogP contribution < -0.4 is 0 Å². The van der Waals surface area contributed by atoms with Crippen molar-refractivity contribution < 1.29 is 23.1 Å². The van der Waals surface area contributed by atoms with E-state index in [-0.39, 0.29) is 30.8 Å². The summed E-state index contributed by atoms with van der Waals surface area (Å²) in [4.78, 5) is 23.3. The average Bonchev–Trinajstić information content (AvgIpc) is 3.08. The van der Waals surface area contributed by atoms with E-state index in [4.69, 9.17) is 0 Å². The lowest BCUT2D eigenvalue weighted by Gasteiger charge is -1.97. The fourth-order valence-electron chi connectivity index (χ4n) is 2.05. The highest BCUT2D eigenvalue weighted by molar-refractivity contribution is 7.22. The van der Waals surface area contributed by atoms with Gasteiger partial charge < -0.3 is 4.74 Å². The number of fused-ring (bicyclic) bond motifs is 2. The van der Waals surface area contributed by atoms with Crippen LogP contribution in [0.2, 0.25) is 0 Å². The van der Waals surface area contributed by atoms with Gasteiger partial charge in [0.15, 0.2) is 5.78 Å². The van der Waals surface area contributed by atoms with Crippen molar-refractivity contribution in [3.63, 3.8) is 0 Å². The van der Waals surface area contributed by atoms with E-state index in [1.54, 1.807) is 0 Å². The second-order valence-corrected chi connectivity index (χ2v) is 6.49. The van der Waals surface area contributed by atoms with Gasteiger partial charge in [-0.05, 0) is 19.1 Å². The molecule has 0 amide bonds. The van der Waals surface area contributed by atoms with Gasteiger partial charge in [-0.15, -0.1) is 22.7 Å². The van der Waals surface area contributed by atoms with Crippen molar-refractivity contribution in [2.24, 2.45) is 0 Å². The summed E-state index contributed by atoms with van der Waals surface area (Å²) in [6, 6.07) is 2.62. The van der Waals surface area contributed by atoms with Gasteiger partial charge in [0.2, 0.25) is 0 Å². The Labute approximate surface area is 125 Å². The fraction of sp³-hybridized carbons (Fsp3) is 0.143. The van der Waals surface area contributed by atoms with E-state index in [9.17, 15) is 18.4 Å². The number of hydrogen-bond acceptors (Lipinski definition) is 5. The summed E-state index contributed by atoms with van der Waals surface area (Å²) in [5, 5.41) is 0.0933. The van der Waals surface area contributed by atoms with E-state index < -0.39 is 17.6 Å². The summed E-state index contributed by atoms with van der Waals surface area (Å²) < 4.78 is 33.7. The lowest BCUT2D eigenvalue weighted by atomic mass is 10.1. The quantitative estimate of drug-likeness (QED) is 0.518. The Morgan fingerprint density at radius 1 is 1.00 bits per heavy atom. The molecule has 3 nitrogen and oxygen atoms in total. The van der Waals surface area contributed by atoms with Gasteiger partial charge in [-0.1, -0.05) is 0 Å². The molecule has 0 saturated heterocycles. The molecule has 108 valence electrons. The molecule has 0 aliphatic carbocycles. The molecule has 2 heterocycles. The number of ketones is 1. The maximum Gasteiger partial charge on any atom is 0.348 e. The predicted octanol–water partition coefficient (Wildman–Crippen LogP) is 4.38. The molecule has 0 radical (unpaired) electrons. The van der Waals surface area contributed by atoms with Crippen LogP contribution in [-0.2, 0) is 4.74 Å². The molecule has 1 aromatic carbocycles. The molecule has 0 saturated carbocycles. The van der Waals surface area contributed by atoms with Crippen molar-refractivity contribution in [3.8, 4) is 0 Å². The van der Waals surface area contributed by atoms with Gasteiger partial charge in [0.05, 0.1) is 21.4 Å². The number of Topliss-reactive ketones (excluding diaryl/α,β-unsaturated/α-hetero) is 1. The van der Waals surface area contributed by atoms with E-state index in [1.807, 2.05) is 0 Å². The highest BCUT2D eigenvalue weighted by Crippen LogP contribution is 2.39. The maximum atomic E-state index is 14.5. The van der Waals surface area contributed by atoms with Crippen LogP contribution in [0.1, 0.15) is 26.3 Å². The Kier molecular flexibility index (Phi) is 3.26. The van der Waals surface area contributed by atoms with Crippen molar-refractivity contribution in [1.29, 1.82) is 0 Å². The van der Waals surface area contributed by atoms with Gasteiger partial charge in [-0.2, -0.15) is 0 Å². The minimum absolute atomic E-state index is 0.0300. The van der Waals surface area contributed by atoms with E-state index in [2.05, 4.69) is 4.74 Å². The predicted molar refractivity (Wildman–Crippen MR) is 78.5 cm³/mol. The molecule has 0 atom stereocenters. The minimum Gasteiger partial charge on any atom is -0.465 e. The number of halogens is 2. The zero-order valence-electron chi connectivity index (χ0n) is 11.0. The molecule has 0 fully saturated rings. The van der Waals surface area contributed by atoms with E-state index in [1.165, 1.54) is 26.2 Å². The molecular weight excluding hydrogens is 318 g/mol. The molecule has 0 unspecified atom stereocenters. The first-order valence-corrected chi connectivity index (χ1v) is 7.50. The zero-order chi connectivity index (χ0) is 15.3. The highest BCUT2D eigenvalue weighted by atomic mass is 32.1. The Morgan fingerprint density at radius 3 is 1.95 bits per heavy atom. The van der Waals surface area contributed by atoms with Gasteiger partial charge in [-0.25, -0.2) is 13.6 Å². The Hall–Kier alpha value is -1.86. The number of thiophene rings is 2. The highest BCUT2D eigenvalue weighted by Gasteiger charge is 2.22. The van der Waals surface area contributed by atoms with Crippen molar-refractivity contribution in [3.05, 3.63) is 33.5 Å². The van der Waals surface area contributed by atoms with Crippen LogP contribution in [0.4, 0.5) is 8.78 Å². The molecule has 0 aliphatic heterocycles. The van der Waals surface area contributed by atoms with Crippen molar-refractivity contribution >= 4 is 54.6 Å². The lowest BCUT2D eigenvalue weighted by molar-refractivity contribution is 0.0606. The third-order valence-corrected chi connectivity index (χ3v) is 5.41. The molecule has 2 aromatic heterocycles. The molecule has 3 rings (SSSR count). The van der Waals surface area contributed by atoms with Crippen LogP contribution in [-0.4, -0.2) is 18.9 Å². The Bertz CT molecular complexity index is 851. The standard InChI is InChI=1S/C14H8F2O3S2/c1-5(17)8-3-6-10(15)13-7(11(16)12(6)20-8)4-9(21-13)14(18)19-2/h3-4H,1-2H3. The molecule has 7 heteroatoms. The fourth-order valence-corrected chi connectivity index (χ4v) is 4.07. The van der Waals surface area contributed by atoms with Crippen LogP contribution in [0.15, 0.2) is 12.1 Å². The molecule has 0 bridgehead atoms. The normalized spacial score (nSPS) is 11.2. The minimum atomic E-state index is -0.636. The summed E-state index contributed by atoms with van der Waals surface area (Å²) >= 11 is 1.74. The van der Waals surface area contributed by atoms with Crippen molar-refractivity contribution in [2.75, 3.05) is 7.11 Å². The Balaban J connectivity index is 2.38. The number of benzene rings is 1. The first kappa shape index (κ1) is 14.1. The van der Waals surface area contributed by atoms with Gasteiger partial charge in [0, 0.05) is 10.8 Å². The molecule has 3 aromatic rings. The monoisotopic (exact) mass is 326 g/mol. The van der Waals surface area contributed by atoms with Crippen molar-refractivity contribution in [1.82, 2.24) is 0 Å². The molecule has 0 spiro atoms. The van der Waals surface area contributed by atoms with E-state index in [0.717, 1.165) is 22.7 Å².